The summed E-state index contributed by atoms with van der Waals surface area (Å²) >= 11 is 1.47. The van der Waals surface area contributed by atoms with E-state index in [1.54, 1.807) is 0 Å². The molecule has 25 heavy (non-hydrogen) atoms. The molecule has 0 unspecified atom stereocenters. The zero-order valence-corrected chi connectivity index (χ0v) is 15.3. The van der Waals surface area contributed by atoms with Gasteiger partial charge < -0.3 is 4.74 Å². The molecule has 4 nitrogen and oxygen atoms in total. The lowest BCUT2D eigenvalue weighted by molar-refractivity contribution is 0.0994. The predicted octanol–water partition coefficient (Wildman–Crippen LogP) is 4.70. The average Bonchev–Trinajstić information content (AvgIpc) is 2.62. The fraction of sp³-hybridized carbons (Fsp3) is 0.250. The van der Waals surface area contributed by atoms with Crippen LogP contribution in [-0.4, -0.2) is 27.6 Å². The maximum atomic E-state index is 12.7. The third-order valence-electron chi connectivity index (χ3n) is 3.79. The number of benzene rings is 2. The molecule has 1 atom stereocenters. The topological polar surface area (TPSA) is 52.1 Å². The number of ether oxygens (including phenoxy) is 1. The van der Waals surface area contributed by atoms with Gasteiger partial charge in [0.1, 0.15) is 16.6 Å². The van der Waals surface area contributed by atoms with Gasteiger partial charge in [-0.1, -0.05) is 30.0 Å². The van der Waals surface area contributed by atoms with Crippen LogP contribution in [0.3, 0.4) is 0 Å². The minimum Gasteiger partial charge on any atom is -0.494 e. The zero-order valence-electron chi connectivity index (χ0n) is 14.5. The van der Waals surface area contributed by atoms with E-state index in [2.05, 4.69) is 9.97 Å². The molecule has 0 radical (unpaired) electrons. The van der Waals surface area contributed by atoms with Crippen LogP contribution in [0.5, 0.6) is 5.75 Å². The van der Waals surface area contributed by atoms with Crippen molar-refractivity contribution in [3.8, 4) is 5.75 Å². The van der Waals surface area contributed by atoms with E-state index in [1.165, 1.54) is 11.8 Å². The number of rotatable bonds is 6. The number of hydrogen-bond acceptors (Lipinski definition) is 5. The van der Waals surface area contributed by atoms with E-state index in [4.69, 9.17) is 4.74 Å². The third-order valence-corrected chi connectivity index (χ3v) is 4.89. The van der Waals surface area contributed by atoms with E-state index in [0.717, 1.165) is 21.7 Å². The molecule has 3 rings (SSSR count). The standard InChI is InChI=1S/C20H20N2O2S/c1-4-24-16-11-9-15(10-12-16)19(23)13(2)25-20-17-7-5-6-8-18(17)21-14(3)22-20/h5-13H,4H2,1-3H3/t13-/m1/s1. The number of fused-ring (bicyclic) bond motifs is 1. The minimum atomic E-state index is -0.240. The Bertz CT molecular complexity index is 894. The maximum absolute atomic E-state index is 12.7. The first-order chi connectivity index (χ1) is 12.1. The molecule has 0 spiro atoms. The fourth-order valence-electron chi connectivity index (χ4n) is 2.59. The van der Waals surface area contributed by atoms with E-state index in [9.17, 15) is 4.79 Å². The van der Waals surface area contributed by atoms with Crippen molar-refractivity contribution in [2.75, 3.05) is 6.61 Å². The number of hydrogen-bond donors (Lipinski definition) is 0. The van der Waals surface area contributed by atoms with Crippen molar-refractivity contribution in [2.45, 2.75) is 31.0 Å². The van der Waals surface area contributed by atoms with Crippen molar-refractivity contribution < 1.29 is 9.53 Å². The van der Waals surface area contributed by atoms with Gasteiger partial charge in [0.15, 0.2) is 5.78 Å². The first-order valence-electron chi connectivity index (χ1n) is 8.25. The average molecular weight is 352 g/mol. The van der Waals surface area contributed by atoms with E-state index in [-0.39, 0.29) is 11.0 Å². The van der Waals surface area contributed by atoms with Crippen LogP contribution >= 0.6 is 11.8 Å². The van der Waals surface area contributed by atoms with E-state index >= 15 is 0 Å². The van der Waals surface area contributed by atoms with Crippen LogP contribution in [0.4, 0.5) is 0 Å². The molecule has 0 bridgehead atoms. The molecule has 0 aliphatic rings. The van der Waals surface area contributed by atoms with Crippen molar-refractivity contribution in [1.82, 2.24) is 9.97 Å². The van der Waals surface area contributed by atoms with Crippen molar-refractivity contribution in [2.24, 2.45) is 0 Å². The number of carbonyl (C=O) groups is 1. The van der Waals surface area contributed by atoms with E-state index in [1.807, 2.05) is 69.3 Å². The number of para-hydroxylation sites is 1. The minimum absolute atomic E-state index is 0.0772. The number of nitrogens with zero attached hydrogens (tertiary/aromatic N) is 2. The number of ketones is 1. The highest BCUT2D eigenvalue weighted by atomic mass is 32.2. The monoisotopic (exact) mass is 352 g/mol. The molecule has 0 N–H and O–H groups in total. The molecule has 0 fully saturated rings. The van der Waals surface area contributed by atoms with Gasteiger partial charge >= 0.3 is 0 Å². The second kappa shape index (κ2) is 7.66. The summed E-state index contributed by atoms with van der Waals surface area (Å²) in [6.07, 6.45) is 0. The Hall–Kier alpha value is -2.40. The van der Waals surface area contributed by atoms with Gasteiger partial charge in [0, 0.05) is 10.9 Å². The zero-order chi connectivity index (χ0) is 17.8. The summed E-state index contributed by atoms with van der Waals surface area (Å²) in [4.78, 5) is 21.7. The number of Topliss-reactive ketones (excluding diaryl/α,β-unsaturated/α-hetero) is 1. The van der Waals surface area contributed by atoms with Crippen molar-refractivity contribution in [1.29, 1.82) is 0 Å². The Kier molecular flexibility index (Phi) is 5.34. The SMILES string of the molecule is CCOc1ccc(C(=O)[C@@H](C)Sc2nc(C)nc3ccccc23)cc1. The van der Waals surface area contributed by atoms with Crippen molar-refractivity contribution >= 4 is 28.4 Å². The lowest BCUT2D eigenvalue weighted by Gasteiger charge is -2.12. The Labute approximate surface area is 151 Å². The number of aromatic nitrogens is 2. The first kappa shape index (κ1) is 17.4. The summed E-state index contributed by atoms with van der Waals surface area (Å²) in [5, 5.41) is 1.58. The molecule has 1 heterocycles. The molecular weight excluding hydrogens is 332 g/mol. The van der Waals surface area contributed by atoms with E-state index in [0.29, 0.717) is 18.0 Å². The Balaban J connectivity index is 1.82. The predicted molar refractivity (Wildman–Crippen MR) is 102 cm³/mol. The second-order valence-electron chi connectivity index (χ2n) is 5.67. The maximum Gasteiger partial charge on any atom is 0.175 e. The molecule has 0 aliphatic heterocycles. The fourth-order valence-corrected chi connectivity index (χ4v) is 3.65. The third kappa shape index (κ3) is 3.99. The van der Waals surface area contributed by atoms with Crippen LogP contribution in [0.1, 0.15) is 30.0 Å². The summed E-state index contributed by atoms with van der Waals surface area (Å²) in [7, 11) is 0. The quantitative estimate of drug-likeness (QED) is 0.366. The number of carbonyl (C=O) groups excluding carboxylic acids is 1. The Morgan fingerprint density at radius 3 is 2.56 bits per heavy atom. The lowest BCUT2D eigenvalue weighted by atomic mass is 10.1. The summed E-state index contributed by atoms with van der Waals surface area (Å²) in [6, 6.07) is 15.2. The molecule has 5 heteroatoms. The molecule has 0 saturated carbocycles. The van der Waals surface area contributed by atoms with Crippen LogP contribution in [0.25, 0.3) is 10.9 Å². The molecule has 0 amide bonds. The molecule has 0 saturated heterocycles. The Morgan fingerprint density at radius 1 is 1.12 bits per heavy atom. The summed E-state index contributed by atoms with van der Waals surface area (Å²) in [6.45, 7) is 6.33. The smallest absolute Gasteiger partial charge is 0.175 e. The molecule has 2 aromatic carbocycles. The Morgan fingerprint density at radius 2 is 1.84 bits per heavy atom. The van der Waals surface area contributed by atoms with Gasteiger partial charge in [-0.25, -0.2) is 9.97 Å². The van der Waals surface area contributed by atoms with Gasteiger partial charge in [-0.15, -0.1) is 0 Å². The van der Waals surface area contributed by atoms with Crippen LogP contribution in [0.2, 0.25) is 0 Å². The van der Waals surface area contributed by atoms with Crippen molar-refractivity contribution in [3.05, 3.63) is 59.9 Å². The summed E-state index contributed by atoms with van der Waals surface area (Å²) in [5.74, 6) is 1.56. The highest BCUT2D eigenvalue weighted by molar-refractivity contribution is 8.00. The van der Waals surface area contributed by atoms with Gasteiger partial charge in [-0.2, -0.15) is 0 Å². The lowest BCUT2D eigenvalue weighted by Crippen LogP contribution is -2.14. The van der Waals surface area contributed by atoms with Gasteiger partial charge in [-0.05, 0) is 51.1 Å². The molecule has 3 aromatic rings. The van der Waals surface area contributed by atoms with Crippen LogP contribution in [0, 0.1) is 6.92 Å². The van der Waals surface area contributed by atoms with E-state index < -0.39 is 0 Å². The molecular formula is C20H20N2O2S. The highest BCUT2D eigenvalue weighted by Gasteiger charge is 2.19. The second-order valence-corrected chi connectivity index (χ2v) is 7.00. The number of thioether (sulfide) groups is 1. The molecule has 128 valence electrons. The summed E-state index contributed by atoms with van der Waals surface area (Å²) < 4.78 is 5.42. The van der Waals surface area contributed by atoms with Gasteiger partial charge in [-0.3, -0.25) is 4.79 Å². The van der Waals surface area contributed by atoms with Crippen LogP contribution in [-0.2, 0) is 0 Å². The van der Waals surface area contributed by atoms with Crippen molar-refractivity contribution in [3.63, 3.8) is 0 Å². The first-order valence-corrected chi connectivity index (χ1v) is 9.13. The summed E-state index contributed by atoms with van der Waals surface area (Å²) in [5.41, 5.74) is 1.58. The van der Waals surface area contributed by atoms with Crippen LogP contribution < -0.4 is 4.74 Å². The van der Waals surface area contributed by atoms with Gasteiger partial charge in [0.25, 0.3) is 0 Å². The normalized spacial score (nSPS) is 12.1. The van der Waals surface area contributed by atoms with Gasteiger partial charge in [0.2, 0.25) is 0 Å². The van der Waals surface area contributed by atoms with Crippen LogP contribution in [0.15, 0.2) is 53.6 Å². The molecule has 0 aliphatic carbocycles. The largest absolute Gasteiger partial charge is 0.494 e. The number of aryl methyl sites for hydroxylation is 1. The highest BCUT2D eigenvalue weighted by Crippen LogP contribution is 2.30. The molecule has 1 aromatic heterocycles. The van der Waals surface area contributed by atoms with Gasteiger partial charge in [0.05, 0.1) is 17.4 Å².